The van der Waals surface area contributed by atoms with Crippen LogP contribution in [0.2, 0.25) is 0 Å². The fraction of sp³-hybridized carbons (Fsp3) is 0.217. The van der Waals surface area contributed by atoms with E-state index in [-0.39, 0.29) is 5.91 Å². The number of para-hydroxylation sites is 1. The van der Waals surface area contributed by atoms with Gasteiger partial charge in [0.05, 0.1) is 11.3 Å². The van der Waals surface area contributed by atoms with Crippen molar-refractivity contribution < 1.29 is 4.79 Å². The van der Waals surface area contributed by atoms with Gasteiger partial charge in [-0.2, -0.15) is 5.10 Å². The zero-order valence-corrected chi connectivity index (χ0v) is 15.8. The van der Waals surface area contributed by atoms with Crippen LogP contribution >= 0.6 is 0 Å². The van der Waals surface area contributed by atoms with Gasteiger partial charge in [0, 0.05) is 17.5 Å². The Labute approximate surface area is 165 Å². The number of rotatable bonds is 5. The molecule has 0 unspecified atom stereocenters. The third kappa shape index (κ3) is 4.14. The number of amides is 1. The number of allylic oxidation sites excluding steroid dienone is 2. The lowest BCUT2D eigenvalue weighted by molar-refractivity contribution is 0.0939. The molecule has 1 amide bonds. The molecule has 0 radical (unpaired) electrons. The summed E-state index contributed by atoms with van der Waals surface area (Å²) in [4.78, 5) is 13.0. The highest BCUT2D eigenvalue weighted by Gasteiger charge is 2.18. The molecule has 2 N–H and O–H groups in total. The first-order valence-corrected chi connectivity index (χ1v) is 9.77. The van der Waals surface area contributed by atoms with Crippen LogP contribution in [0.1, 0.15) is 42.5 Å². The van der Waals surface area contributed by atoms with E-state index in [9.17, 15) is 4.79 Å². The summed E-state index contributed by atoms with van der Waals surface area (Å²) in [5.41, 5.74) is 10.1. The quantitative estimate of drug-likeness (QED) is 0.643. The van der Waals surface area contributed by atoms with Crippen LogP contribution in [0.25, 0.3) is 16.9 Å². The molecule has 0 fully saturated rings. The zero-order valence-electron chi connectivity index (χ0n) is 15.8. The highest BCUT2D eigenvalue weighted by molar-refractivity contribution is 5.99. The molecule has 1 aromatic heterocycles. The van der Waals surface area contributed by atoms with Crippen molar-refractivity contribution in [2.45, 2.75) is 32.1 Å². The van der Waals surface area contributed by atoms with Crippen LogP contribution < -0.4 is 10.9 Å². The largest absolute Gasteiger partial charge is 0.303 e. The maximum Gasteiger partial charge on any atom is 0.273 e. The van der Waals surface area contributed by atoms with E-state index in [0.717, 1.165) is 36.2 Å². The molecule has 142 valence electrons. The third-order valence-corrected chi connectivity index (χ3v) is 4.90. The standard InChI is InChI=1S/C23H24N4O/c28-23(25-24-19-13-7-1-2-8-14-19)21-17-27(20-15-9-4-10-16-20)26-22(21)18-11-5-3-6-12-18/h3-6,9-13,15-17,24H,1-2,7-8,14H2,(H,25,28). The highest BCUT2D eigenvalue weighted by atomic mass is 16.2. The average Bonchev–Trinajstić information content (AvgIpc) is 3.04. The minimum absolute atomic E-state index is 0.189. The minimum Gasteiger partial charge on any atom is -0.303 e. The third-order valence-electron chi connectivity index (χ3n) is 4.90. The summed E-state index contributed by atoms with van der Waals surface area (Å²) in [5, 5.41) is 4.69. The van der Waals surface area contributed by atoms with E-state index in [1.54, 1.807) is 10.9 Å². The Morgan fingerprint density at radius 1 is 0.929 bits per heavy atom. The number of benzene rings is 2. The van der Waals surface area contributed by atoms with E-state index in [4.69, 9.17) is 5.10 Å². The second kappa shape index (κ2) is 8.57. The number of hydrogen-bond acceptors (Lipinski definition) is 3. The van der Waals surface area contributed by atoms with Crippen molar-refractivity contribution in [1.82, 2.24) is 20.6 Å². The first-order valence-electron chi connectivity index (χ1n) is 9.77. The lowest BCUT2D eigenvalue weighted by Crippen LogP contribution is -2.36. The van der Waals surface area contributed by atoms with Gasteiger partial charge >= 0.3 is 0 Å². The number of carbonyl (C=O) groups is 1. The Bertz CT molecular complexity index is 961. The molecule has 0 aliphatic heterocycles. The molecule has 0 atom stereocenters. The van der Waals surface area contributed by atoms with Gasteiger partial charge in [-0.25, -0.2) is 4.68 Å². The van der Waals surface area contributed by atoms with Crippen LogP contribution in [0.15, 0.2) is 78.6 Å². The summed E-state index contributed by atoms with van der Waals surface area (Å²) in [6.45, 7) is 0. The summed E-state index contributed by atoms with van der Waals surface area (Å²) >= 11 is 0. The van der Waals surface area contributed by atoms with Gasteiger partial charge in [-0.15, -0.1) is 0 Å². The van der Waals surface area contributed by atoms with Gasteiger partial charge in [-0.1, -0.05) is 61.0 Å². The second-order valence-corrected chi connectivity index (χ2v) is 6.95. The van der Waals surface area contributed by atoms with Crippen LogP contribution in [-0.2, 0) is 0 Å². The predicted octanol–water partition coefficient (Wildman–Crippen LogP) is 4.62. The van der Waals surface area contributed by atoms with Crippen molar-refractivity contribution in [1.29, 1.82) is 0 Å². The molecule has 4 rings (SSSR count). The van der Waals surface area contributed by atoms with Crippen LogP contribution in [0.4, 0.5) is 0 Å². The molecule has 1 aliphatic carbocycles. The number of nitrogens with zero attached hydrogens (tertiary/aromatic N) is 2. The molecule has 3 aromatic rings. The Morgan fingerprint density at radius 2 is 1.68 bits per heavy atom. The zero-order chi connectivity index (χ0) is 19.2. The molecule has 1 aliphatic rings. The molecule has 2 aromatic carbocycles. The van der Waals surface area contributed by atoms with E-state index in [0.29, 0.717) is 11.3 Å². The Balaban J connectivity index is 1.61. The lowest BCUT2D eigenvalue weighted by Gasteiger charge is -2.11. The molecule has 0 spiro atoms. The van der Waals surface area contributed by atoms with E-state index in [1.807, 2.05) is 60.7 Å². The number of carbonyl (C=O) groups excluding carboxylic acids is 1. The summed E-state index contributed by atoms with van der Waals surface area (Å²) in [6.07, 6.45) is 9.58. The SMILES string of the molecule is O=C(NNC1=CCCCCC1)c1cn(-c2ccccc2)nc1-c1ccccc1. The van der Waals surface area contributed by atoms with E-state index < -0.39 is 0 Å². The van der Waals surface area contributed by atoms with Crippen molar-refractivity contribution in [3.63, 3.8) is 0 Å². The van der Waals surface area contributed by atoms with Gasteiger partial charge in [0.25, 0.3) is 5.91 Å². The molecule has 0 saturated heterocycles. The Kier molecular flexibility index (Phi) is 5.52. The molecular weight excluding hydrogens is 348 g/mol. The van der Waals surface area contributed by atoms with Gasteiger partial charge in [-0.3, -0.25) is 10.2 Å². The summed E-state index contributed by atoms with van der Waals surface area (Å²) < 4.78 is 1.75. The molecular formula is C23H24N4O. The maximum absolute atomic E-state index is 13.0. The van der Waals surface area contributed by atoms with E-state index >= 15 is 0 Å². The van der Waals surface area contributed by atoms with Crippen molar-refractivity contribution >= 4 is 5.91 Å². The molecule has 0 saturated carbocycles. The summed E-state index contributed by atoms with van der Waals surface area (Å²) in [5.74, 6) is -0.189. The predicted molar refractivity (Wildman–Crippen MR) is 111 cm³/mol. The maximum atomic E-state index is 13.0. The molecule has 0 bridgehead atoms. The monoisotopic (exact) mass is 372 g/mol. The normalized spacial score (nSPS) is 14.1. The number of hydrogen-bond donors (Lipinski definition) is 2. The molecule has 5 nitrogen and oxygen atoms in total. The smallest absolute Gasteiger partial charge is 0.273 e. The number of aromatic nitrogens is 2. The van der Waals surface area contributed by atoms with Gasteiger partial charge in [0.15, 0.2) is 0 Å². The highest BCUT2D eigenvalue weighted by Crippen LogP contribution is 2.23. The molecule has 1 heterocycles. The molecule has 5 heteroatoms. The van der Waals surface area contributed by atoms with Gasteiger partial charge in [0.2, 0.25) is 0 Å². The molecule has 28 heavy (non-hydrogen) atoms. The Morgan fingerprint density at radius 3 is 2.46 bits per heavy atom. The van der Waals surface area contributed by atoms with Crippen molar-refractivity contribution in [3.05, 3.63) is 84.2 Å². The van der Waals surface area contributed by atoms with Crippen LogP contribution in [0.3, 0.4) is 0 Å². The first kappa shape index (κ1) is 18.0. The average molecular weight is 372 g/mol. The summed E-state index contributed by atoms with van der Waals surface area (Å²) in [7, 11) is 0. The fourth-order valence-electron chi connectivity index (χ4n) is 3.40. The number of nitrogens with one attached hydrogen (secondary N) is 2. The van der Waals surface area contributed by atoms with Crippen LogP contribution in [0.5, 0.6) is 0 Å². The van der Waals surface area contributed by atoms with Gasteiger partial charge < -0.3 is 5.43 Å². The van der Waals surface area contributed by atoms with Crippen LogP contribution in [-0.4, -0.2) is 15.7 Å². The summed E-state index contributed by atoms with van der Waals surface area (Å²) in [6, 6.07) is 19.6. The first-order chi connectivity index (χ1) is 13.8. The van der Waals surface area contributed by atoms with E-state index in [2.05, 4.69) is 16.9 Å². The van der Waals surface area contributed by atoms with E-state index in [1.165, 1.54) is 12.8 Å². The fourth-order valence-corrected chi connectivity index (χ4v) is 3.40. The number of hydrazine groups is 1. The van der Waals surface area contributed by atoms with Gasteiger partial charge in [-0.05, 0) is 37.8 Å². The van der Waals surface area contributed by atoms with Crippen LogP contribution in [0, 0.1) is 0 Å². The van der Waals surface area contributed by atoms with Crippen molar-refractivity contribution in [3.8, 4) is 16.9 Å². The second-order valence-electron chi connectivity index (χ2n) is 6.95. The van der Waals surface area contributed by atoms with Crippen molar-refractivity contribution in [2.24, 2.45) is 0 Å². The Hall–Kier alpha value is -3.34. The topological polar surface area (TPSA) is 59.0 Å². The van der Waals surface area contributed by atoms with Crippen molar-refractivity contribution in [2.75, 3.05) is 0 Å². The lowest BCUT2D eigenvalue weighted by atomic mass is 10.1. The minimum atomic E-state index is -0.189. The van der Waals surface area contributed by atoms with Gasteiger partial charge in [0.1, 0.15) is 5.69 Å².